The molecule has 9 nitrogen and oxygen atoms in total. The number of thioether (sulfide) groups is 1. The van der Waals surface area contributed by atoms with Gasteiger partial charge in [0.1, 0.15) is 0 Å². The van der Waals surface area contributed by atoms with Crippen molar-refractivity contribution in [2.75, 3.05) is 18.1 Å². The van der Waals surface area contributed by atoms with Crippen molar-refractivity contribution in [3.8, 4) is 10.8 Å². The van der Waals surface area contributed by atoms with Crippen molar-refractivity contribution >= 4 is 29.0 Å². The Labute approximate surface area is 171 Å². The number of rotatable bonds is 8. The zero-order valence-corrected chi connectivity index (χ0v) is 16.7. The monoisotopic (exact) mass is 447 g/mol. The number of thiophene rings is 1. The fraction of sp³-hybridized carbons (Fsp3) is 0.400. The van der Waals surface area contributed by atoms with E-state index >= 15 is 0 Å². The van der Waals surface area contributed by atoms with Gasteiger partial charge in [-0.05, 0) is 17.9 Å². The Morgan fingerprint density at radius 1 is 1.34 bits per heavy atom. The molecule has 0 radical (unpaired) electrons. The molecule has 0 aliphatic carbocycles. The molecule has 0 bridgehead atoms. The molecular weight excluding hydrogens is 431 g/mol. The lowest BCUT2D eigenvalue weighted by Gasteiger charge is -2.19. The number of carbonyl (C=O) groups excluding carboxylic acids is 1. The molecule has 29 heavy (non-hydrogen) atoms. The van der Waals surface area contributed by atoms with Crippen LogP contribution >= 0.6 is 23.1 Å². The Bertz CT molecular complexity index is 956. The van der Waals surface area contributed by atoms with E-state index in [1.54, 1.807) is 0 Å². The smallest absolute Gasteiger partial charge is 0.418 e. The van der Waals surface area contributed by atoms with Crippen LogP contribution in [0.1, 0.15) is 25.1 Å². The van der Waals surface area contributed by atoms with Crippen LogP contribution in [0.5, 0.6) is 0 Å². The molecule has 0 aliphatic rings. The summed E-state index contributed by atoms with van der Waals surface area (Å²) in [5, 5.41) is 16.0. The predicted octanol–water partition coefficient (Wildman–Crippen LogP) is 2.65. The average molecular weight is 447 g/mol. The van der Waals surface area contributed by atoms with Gasteiger partial charge < -0.3 is 15.2 Å². The largest absolute Gasteiger partial charge is 0.453 e. The zero-order valence-electron chi connectivity index (χ0n) is 15.1. The summed E-state index contributed by atoms with van der Waals surface area (Å²) in [5.74, 6) is 4.18. The number of hydrogen-bond donors (Lipinski definition) is 1. The van der Waals surface area contributed by atoms with Crippen molar-refractivity contribution in [2.45, 2.75) is 31.2 Å². The molecule has 0 fully saturated rings. The first-order valence-electron chi connectivity index (χ1n) is 8.34. The van der Waals surface area contributed by atoms with Gasteiger partial charge in [-0.2, -0.15) is 13.2 Å². The van der Waals surface area contributed by atoms with Crippen molar-refractivity contribution in [1.82, 2.24) is 30.0 Å². The van der Waals surface area contributed by atoms with Gasteiger partial charge in [0.25, 0.3) is 11.7 Å². The van der Waals surface area contributed by atoms with E-state index < -0.39 is 12.0 Å². The molecule has 3 aromatic rings. The van der Waals surface area contributed by atoms with E-state index in [0.717, 1.165) is 16.6 Å². The van der Waals surface area contributed by atoms with E-state index in [1.807, 2.05) is 24.4 Å². The molecule has 156 valence electrons. The number of nitrogens with zero attached hydrogens (tertiary/aromatic N) is 6. The first-order chi connectivity index (χ1) is 13.8. The van der Waals surface area contributed by atoms with Gasteiger partial charge in [0.05, 0.1) is 17.2 Å². The Hall–Kier alpha value is -2.61. The van der Waals surface area contributed by atoms with E-state index in [0.29, 0.717) is 23.5 Å². The maximum atomic E-state index is 12.7. The Morgan fingerprint density at radius 3 is 2.76 bits per heavy atom. The summed E-state index contributed by atoms with van der Waals surface area (Å²) in [4.78, 5) is 14.9. The summed E-state index contributed by atoms with van der Waals surface area (Å²) >= 11 is 2.22. The third kappa shape index (κ3) is 5.06. The van der Waals surface area contributed by atoms with E-state index in [4.69, 9.17) is 10.3 Å². The summed E-state index contributed by atoms with van der Waals surface area (Å²) in [5.41, 5.74) is 0. The molecule has 2 N–H and O–H groups in total. The maximum absolute atomic E-state index is 12.7. The summed E-state index contributed by atoms with van der Waals surface area (Å²) < 4.78 is 44.1. The number of carbonyl (C=O) groups is 1. The molecule has 0 atom stereocenters. The number of nitrogen functional groups attached to an aromatic ring is 1. The van der Waals surface area contributed by atoms with Crippen LogP contribution in [-0.4, -0.2) is 48.2 Å². The second-order valence-electron chi connectivity index (χ2n) is 5.76. The Balaban J connectivity index is 1.63. The van der Waals surface area contributed by atoms with Crippen LogP contribution in [0.25, 0.3) is 10.8 Å². The standard InChI is InChI=1S/C15H16F3N7O2S2/c1-2-5-24(7-10-20-21-12(27-10)9-4-3-6-28-9)11(26)8-29-14-23-22-13(25(14)19)15(16,17)18/h3-4,6H,2,5,7-8,19H2,1H3. The van der Waals surface area contributed by atoms with Crippen LogP contribution in [0.4, 0.5) is 13.2 Å². The molecule has 0 saturated carbocycles. The third-order valence-electron chi connectivity index (χ3n) is 3.61. The van der Waals surface area contributed by atoms with Crippen molar-refractivity contribution in [1.29, 1.82) is 0 Å². The number of alkyl halides is 3. The Kier molecular flexibility index (Phi) is 6.42. The summed E-state index contributed by atoms with van der Waals surface area (Å²) in [6, 6.07) is 3.69. The maximum Gasteiger partial charge on any atom is 0.453 e. The molecule has 0 aromatic carbocycles. The topological polar surface area (TPSA) is 116 Å². The molecule has 0 unspecified atom stereocenters. The van der Waals surface area contributed by atoms with Gasteiger partial charge in [0.15, 0.2) is 0 Å². The van der Waals surface area contributed by atoms with Crippen LogP contribution in [0, 0.1) is 0 Å². The highest BCUT2D eigenvalue weighted by atomic mass is 32.2. The molecular formula is C15H16F3N7O2S2. The van der Waals surface area contributed by atoms with Gasteiger partial charge in [-0.1, -0.05) is 24.8 Å². The normalized spacial score (nSPS) is 11.7. The third-order valence-corrected chi connectivity index (χ3v) is 5.40. The number of aromatic nitrogens is 5. The first kappa shape index (κ1) is 21.1. The molecule has 3 rings (SSSR count). The minimum absolute atomic E-state index is 0.0920. The second kappa shape index (κ2) is 8.82. The number of hydrogen-bond acceptors (Lipinski definition) is 9. The number of halogens is 3. The van der Waals surface area contributed by atoms with Gasteiger partial charge in [-0.3, -0.25) is 4.79 Å². The summed E-state index contributed by atoms with van der Waals surface area (Å²) in [6.45, 7) is 2.40. The molecule has 3 heterocycles. The van der Waals surface area contributed by atoms with E-state index in [1.165, 1.54) is 16.2 Å². The number of amides is 1. The highest BCUT2D eigenvalue weighted by Crippen LogP contribution is 2.29. The lowest BCUT2D eigenvalue weighted by Crippen LogP contribution is -2.33. The minimum atomic E-state index is -4.73. The highest BCUT2D eigenvalue weighted by molar-refractivity contribution is 7.99. The highest BCUT2D eigenvalue weighted by Gasteiger charge is 2.38. The predicted molar refractivity (Wildman–Crippen MR) is 99.2 cm³/mol. The average Bonchev–Trinajstić information content (AvgIpc) is 3.39. The minimum Gasteiger partial charge on any atom is -0.418 e. The van der Waals surface area contributed by atoms with Gasteiger partial charge in [-0.25, -0.2) is 4.68 Å². The molecule has 0 saturated heterocycles. The summed E-state index contributed by atoms with van der Waals surface area (Å²) in [7, 11) is 0. The van der Waals surface area contributed by atoms with E-state index in [2.05, 4.69) is 20.4 Å². The van der Waals surface area contributed by atoms with Crippen molar-refractivity contribution < 1.29 is 22.4 Å². The fourth-order valence-electron chi connectivity index (χ4n) is 2.33. The van der Waals surface area contributed by atoms with Crippen LogP contribution in [-0.2, 0) is 17.5 Å². The van der Waals surface area contributed by atoms with Crippen LogP contribution in [0.15, 0.2) is 27.1 Å². The van der Waals surface area contributed by atoms with E-state index in [-0.39, 0.29) is 29.3 Å². The van der Waals surface area contributed by atoms with Gasteiger partial charge in [-0.15, -0.1) is 31.7 Å². The van der Waals surface area contributed by atoms with E-state index in [9.17, 15) is 18.0 Å². The molecule has 1 amide bonds. The second-order valence-corrected chi connectivity index (χ2v) is 7.65. The lowest BCUT2D eigenvalue weighted by atomic mass is 10.4. The van der Waals surface area contributed by atoms with Crippen molar-refractivity contribution in [3.05, 3.63) is 29.2 Å². The van der Waals surface area contributed by atoms with Crippen molar-refractivity contribution in [3.63, 3.8) is 0 Å². The van der Waals surface area contributed by atoms with Crippen molar-refractivity contribution in [2.24, 2.45) is 0 Å². The Morgan fingerprint density at radius 2 is 2.14 bits per heavy atom. The molecule has 0 aliphatic heterocycles. The lowest BCUT2D eigenvalue weighted by molar-refractivity contribution is -0.146. The van der Waals surface area contributed by atoms with Gasteiger partial charge in [0.2, 0.25) is 17.0 Å². The van der Waals surface area contributed by atoms with Crippen LogP contribution in [0.3, 0.4) is 0 Å². The zero-order chi connectivity index (χ0) is 21.0. The van der Waals surface area contributed by atoms with Gasteiger partial charge in [0, 0.05) is 6.54 Å². The van der Waals surface area contributed by atoms with Crippen LogP contribution < -0.4 is 5.84 Å². The SMILES string of the molecule is CCCN(Cc1nnc(-c2cccs2)o1)C(=O)CSc1nnc(C(F)(F)F)n1N. The van der Waals surface area contributed by atoms with Gasteiger partial charge >= 0.3 is 6.18 Å². The summed E-state index contributed by atoms with van der Waals surface area (Å²) in [6.07, 6.45) is -4.05. The molecule has 3 aromatic heterocycles. The fourth-order valence-corrected chi connectivity index (χ4v) is 3.73. The number of nitrogens with two attached hydrogens (primary N) is 1. The molecule has 0 spiro atoms. The first-order valence-corrected chi connectivity index (χ1v) is 10.2. The van der Waals surface area contributed by atoms with Crippen LogP contribution in [0.2, 0.25) is 0 Å². The quantitative estimate of drug-likeness (QED) is 0.414. The molecule has 14 heteroatoms.